The minimum atomic E-state index is -0.166. The summed E-state index contributed by atoms with van der Waals surface area (Å²) in [6.07, 6.45) is 3.63. The van der Waals surface area contributed by atoms with Gasteiger partial charge in [0.1, 0.15) is 16.0 Å². The van der Waals surface area contributed by atoms with Crippen LogP contribution in [-0.2, 0) is 4.79 Å². The maximum absolute atomic E-state index is 13.1. The first kappa shape index (κ1) is 17.6. The highest BCUT2D eigenvalue weighted by Crippen LogP contribution is 2.36. The van der Waals surface area contributed by atoms with Gasteiger partial charge in [-0.25, -0.2) is 15.0 Å². The minimum Gasteiger partial charge on any atom is -0.298 e. The number of carbonyl (C=O) groups excluding carboxylic acids is 1. The van der Waals surface area contributed by atoms with Gasteiger partial charge in [-0.15, -0.1) is 0 Å². The molecule has 0 saturated carbocycles. The molecule has 4 rings (SSSR count). The van der Waals surface area contributed by atoms with Crippen LogP contribution in [0.2, 0.25) is 10.3 Å². The van der Waals surface area contributed by atoms with Crippen molar-refractivity contribution in [3.8, 4) is 0 Å². The molecule has 0 aliphatic carbocycles. The van der Waals surface area contributed by atoms with Gasteiger partial charge < -0.3 is 0 Å². The van der Waals surface area contributed by atoms with E-state index in [-0.39, 0.29) is 11.9 Å². The average Bonchev–Trinajstić information content (AvgIpc) is 3.01. The van der Waals surface area contributed by atoms with Crippen molar-refractivity contribution >= 4 is 46.2 Å². The largest absolute Gasteiger partial charge is 0.298 e. The predicted molar refractivity (Wildman–Crippen MR) is 107 cm³/mol. The number of aliphatic imine (C=N–C) groups is 1. The lowest BCUT2D eigenvalue weighted by Crippen LogP contribution is -2.29. The van der Waals surface area contributed by atoms with Crippen molar-refractivity contribution in [2.24, 2.45) is 4.99 Å². The summed E-state index contributed by atoms with van der Waals surface area (Å²) in [5.74, 6) is -0.164. The van der Waals surface area contributed by atoms with Crippen LogP contribution in [0, 0.1) is 0 Å². The molecule has 1 atom stereocenters. The zero-order valence-corrected chi connectivity index (χ0v) is 15.6. The average molecular weight is 397 g/mol. The number of halogens is 2. The van der Waals surface area contributed by atoms with E-state index in [1.807, 2.05) is 30.3 Å². The van der Waals surface area contributed by atoms with Gasteiger partial charge in [-0.05, 0) is 29.8 Å². The molecule has 0 radical (unpaired) electrons. The topological polar surface area (TPSA) is 58.5 Å². The van der Waals surface area contributed by atoms with Crippen LogP contribution in [0.25, 0.3) is 0 Å². The standard InChI is InChI=1S/C20H14Cl2N4O/c21-18-8-6-14(11-23-18)25-16-10-17(13-4-2-1-3-5-13)26(20(16)27)15-7-9-19(22)24-12-15/h1-9,11-12,17H,10H2. The number of pyridine rings is 2. The number of aromatic nitrogens is 2. The highest BCUT2D eigenvalue weighted by Gasteiger charge is 2.38. The first-order valence-electron chi connectivity index (χ1n) is 8.31. The van der Waals surface area contributed by atoms with Crippen molar-refractivity contribution < 1.29 is 4.79 Å². The van der Waals surface area contributed by atoms with Crippen LogP contribution in [0.15, 0.2) is 72.0 Å². The number of hydrogen-bond donors (Lipinski definition) is 0. The Morgan fingerprint density at radius 3 is 2.26 bits per heavy atom. The van der Waals surface area contributed by atoms with Crippen LogP contribution >= 0.6 is 23.2 Å². The second kappa shape index (κ2) is 7.47. The van der Waals surface area contributed by atoms with Crippen molar-refractivity contribution in [2.75, 3.05) is 4.90 Å². The molecule has 1 aliphatic rings. The molecule has 134 valence electrons. The molecule has 27 heavy (non-hydrogen) atoms. The number of anilines is 1. The van der Waals surface area contributed by atoms with Crippen LogP contribution in [0.3, 0.4) is 0 Å². The van der Waals surface area contributed by atoms with E-state index >= 15 is 0 Å². The molecule has 1 amide bonds. The second-order valence-electron chi connectivity index (χ2n) is 6.04. The van der Waals surface area contributed by atoms with E-state index in [0.717, 1.165) is 5.56 Å². The Balaban J connectivity index is 1.75. The SMILES string of the molecule is O=C1C(=Nc2ccc(Cl)nc2)CC(c2ccccc2)N1c1ccc(Cl)nc1. The molecule has 2 aromatic heterocycles. The van der Waals surface area contributed by atoms with E-state index in [4.69, 9.17) is 23.2 Å². The van der Waals surface area contributed by atoms with Gasteiger partial charge in [0.15, 0.2) is 0 Å². The summed E-state index contributed by atoms with van der Waals surface area (Å²) in [6, 6.07) is 16.5. The molecule has 3 heterocycles. The molecular weight excluding hydrogens is 383 g/mol. The Bertz CT molecular complexity index is 989. The Labute approximate surface area is 166 Å². The third-order valence-corrected chi connectivity index (χ3v) is 4.76. The molecule has 3 aromatic rings. The number of carbonyl (C=O) groups is 1. The molecule has 7 heteroatoms. The number of benzene rings is 1. The van der Waals surface area contributed by atoms with Crippen LogP contribution in [0.1, 0.15) is 18.0 Å². The van der Waals surface area contributed by atoms with E-state index in [0.29, 0.717) is 33.8 Å². The van der Waals surface area contributed by atoms with Gasteiger partial charge in [0.05, 0.1) is 29.8 Å². The lowest BCUT2D eigenvalue weighted by atomic mass is 10.0. The summed E-state index contributed by atoms with van der Waals surface area (Å²) in [6.45, 7) is 0. The van der Waals surface area contributed by atoms with Crippen molar-refractivity contribution in [3.05, 3.63) is 82.9 Å². The predicted octanol–water partition coefficient (Wildman–Crippen LogP) is 5.03. The van der Waals surface area contributed by atoms with Gasteiger partial charge in [0, 0.05) is 6.42 Å². The maximum atomic E-state index is 13.1. The third kappa shape index (κ3) is 3.70. The normalized spacial score (nSPS) is 18.3. The molecule has 0 spiro atoms. The Kier molecular flexibility index (Phi) is 4.88. The van der Waals surface area contributed by atoms with Gasteiger partial charge >= 0.3 is 0 Å². The van der Waals surface area contributed by atoms with Gasteiger partial charge in [0.25, 0.3) is 5.91 Å². The van der Waals surface area contributed by atoms with Gasteiger partial charge in [0.2, 0.25) is 0 Å². The molecule has 1 aliphatic heterocycles. The van der Waals surface area contributed by atoms with Gasteiger partial charge in [-0.3, -0.25) is 9.69 Å². The fourth-order valence-electron chi connectivity index (χ4n) is 3.08. The molecule has 1 unspecified atom stereocenters. The number of nitrogens with zero attached hydrogens (tertiary/aromatic N) is 4. The zero-order chi connectivity index (χ0) is 18.8. The van der Waals surface area contributed by atoms with Gasteiger partial charge in [-0.1, -0.05) is 53.5 Å². The smallest absolute Gasteiger partial charge is 0.273 e. The van der Waals surface area contributed by atoms with Gasteiger partial charge in [-0.2, -0.15) is 0 Å². The molecule has 0 bridgehead atoms. The lowest BCUT2D eigenvalue weighted by Gasteiger charge is -2.24. The lowest BCUT2D eigenvalue weighted by molar-refractivity contribution is -0.112. The second-order valence-corrected chi connectivity index (χ2v) is 6.82. The highest BCUT2D eigenvalue weighted by atomic mass is 35.5. The minimum absolute atomic E-state index is 0.164. The van der Waals surface area contributed by atoms with Crippen molar-refractivity contribution in [3.63, 3.8) is 0 Å². The Morgan fingerprint density at radius 1 is 0.926 bits per heavy atom. The summed E-state index contributed by atoms with van der Waals surface area (Å²) < 4.78 is 0. The van der Waals surface area contributed by atoms with Crippen molar-refractivity contribution in [1.29, 1.82) is 0 Å². The first-order valence-corrected chi connectivity index (χ1v) is 9.06. The summed E-state index contributed by atoms with van der Waals surface area (Å²) in [5.41, 5.74) is 2.76. The maximum Gasteiger partial charge on any atom is 0.273 e. The summed E-state index contributed by atoms with van der Waals surface area (Å²) in [4.78, 5) is 27.5. The third-order valence-electron chi connectivity index (χ3n) is 4.31. The molecule has 5 nitrogen and oxygen atoms in total. The highest BCUT2D eigenvalue weighted by molar-refractivity contribution is 6.46. The molecule has 1 saturated heterocycles. The first-order chi connectivity index (χ1) is 13.1. The Hall–Kier alpha value is -2.76. The van der Waals surface area contributed by atoms with Crippen LogP contribution in [0.5, 0.6) is 0 Å². The van der Waals surface area contributed by atoms with Crippen LogP contribution in [0.4, 0.5) is 11.4 Å². The Morgan fingerprint density at radius 2 is 1.63 bits per heavy atom. The molecular formula is C20H14Cl2N4O. The van der Waals surface area contributed by atoms with Crippen LogP contribution in [-0.4, -0.2) is 21.6 Å². The van der Waals surface area contributed by atoms with E-state index in [2.05, 4.69) is 15.0 Å². The monoisotopic (exact) mass is 396 g/mol. The fraction of sp³-hybridized carbons (Fsp3) is 0.100. The van der Waals surface area contributed by atoms with Crippen LogP contribution < -0.4 is 4.90 Å². The summed E-state index contributed by atoms with van der Waals surface area (Å²) >= 11 is 11.7. The summed E-state index contributed by atoms with van der Waals surface area (Å²) in [7, 11) is 0. The van der Waals surface area contributed by atoms with E-state index in [1.54, 1.807) is 41.6 Å². The van der Waals surface area contributed by atoms with Crippen molar-refractivity contribution in [1.82, 2.24) is 9.97 Å². The van der Waals surface area contributed by atoms with Crippen molar-refractivity contribution in [2.45, 2.75) is 12.5 Å². The van der Waals surface area contributed by atoms with E-state index < -0.39 is 0 Å². The molecule has 1 fully saturated rings. The van der Waals surface area contributed by atoms with E-state index in [1.165, 1.54) is 0 Å². The number of rotatable bonds is 3. The quantitative estimate of drug-likeness (QED) is 0.583. The summed E-state index contributed by atoms with van der Waals surface area (Å²) in [5, 5.41) is 0.760. The zero-order valence-electron chi connectivity index (χ0n) is 14.1. The molecule has 0 N–H and O–H groups in total. The fourth-order valence-corrected chi connectivity index (χ4v) is 3.30. The molecule has 1 aromatic carbocycles. The van der Waals surface area contributed by atoms with E-state index in [9.17, 15) is 4.79 Å². The number of hydrogen-bond acceptors (Lipinski definition) is 4. The number of amides is 1.